The molecular weight excluding hydrogens is 232 g/mol. The topological polar surface area (TPSA) is 51.7 Å². The van der Waals surface area contributed by atoms with Gasteiger partial charge >= 0.3 is 5.97 Å². The number of anilines is 1. The Kier molecular flexibility index (Phi) is 3.81. The number of aryl methyl sites for hydroxylation is 1. The predicted octanol–water partition coefficient (Wildman–Crippen LogP) is 1.40. The number of hydrogen-bond acceptors (Lipinski definition) is 5. The van der Waals surface area contributed by atoms with Gasteiger partial charge in [-0.1, -0.05) is 0 Å². The number of aromatic nitrogens is 1. The van der Waals surface area contributed by atoms with Gasteiger partial charge in [0.1, 0.15) is 0 Å². The van der Waals surface area contributed by atoms with Crippen LogP contribution in [0.2, 0.25) is 0 Å². The van der Waals surface area contributed by atoms with Gasteiger partial charge in [0.15, 0.2) is 0 Å². The molecule has 2 heterocycles. The predicted molar refractivity (Wildman–Crippen MR) is 67.9 cm³/mol. The van der Waals surface area contributed by atoms with E-state index in [9.17, 15) is 4.79 Å². The van der Waals surface area contributed by atoms with Crippen molar-refractivity contribution in [3.63, 3.8) is 0 Å². The molecule has 1 aliphatic rings. The number of rotatable bonds is 2. The van der Waals surface area contributed by atoms with E-state index in [0.29, 0.717) is 18.8 Å². The quantitative estimate of drug-likeness (QED) is 0.743. The van der Waals surface area contributed by atoms with Gasteiger partial charge in [0.25, 0.3) is 0 Å². The summed E-state index contributed by atoms with van der Waals surface area (Å²) in [7, 11) is 1.37. The summed E-state index contributed by atoms with van der Waals surface area (Å²) >= 11 is 0. The largest absolute Gasteiger partial charge is 0.465 e. The lowest BCUT2D eigenvalue weighted by atomic mass is 10.1. The van der Waals surface area contributed by atoms with Crippen LogP contribution < -0.4 is 4.90 Å². The molecule has 5 nitrogen and oxygen atoms in total. The maximum atomic E-state index is 11.5. The van der Waals surface area contributed by atoms with E-state index in [-0.39, 0.29) is 12.0 Å². The lowest BCUT2D eigenvalue weighted by Crippen LogP contribution is -2.44. The number of carbonyl (C=O) groups is 1. The van der Waals surface area contributed by atoms with Crippen LogP contribution in [0.3, 0.4) is 0 Å². The van der Waals surface area contributed by atoms with Crippen LogP contribution in [0.4, 0.5) is 5.69 Å². The van der Waals surface area contributed by atoms with Crippen LogP contribution in [-0.2, 0) is 9.47 Å². The fourth-order valence-corrected chi connectivity index (χ4v) is 2.13. The first-order valence-corrected chi connectivity index (χ1v) is 6.03. The summed E-state index contributed by atoms with van der Waals surface area (Å²) in [5.74, 6) is -0.357. The maximum Gasteiger partial charge on any atom is 0.339 e. The molecule has 0 aliphatic carbocycles. The van der Waals surface area contributed by atoms with Crippen LogP contribution in [0, 0.1) is 6.92 Å². The van der Waals surface area contributed by atoms with Gasteiger partial charge in [-0.15, -0.1) is 0 Å². The molecule has 0 saturated carbocycles. The van der Waals surface area contributed by atoms with Crippen molar-refractivity contribution in [2.75, 3.05) is 31.8 Å². The molecule has 1 unspecified atom stereocenters. The number of nitrogens with zero attached hydrogens (tertiary/aromatic N) is 2. The van der Waals surface area contributed by atoms with Crippen LogP contribution in [0.15, 0.2) is 12.3 Å². The molecule has 2 rings (SSSR count). The third-order valence-corrected chi connectivity index (χ3v) is 3.16. The average molecular weight is 250 g/mol. The summed E-state index contributed by atoms with van der Waals surface area (Å²) in [4.78, 5) is 18.0. The molecule has 1 aromatic heterocycles. The van der Waals surface area contributed by atoms with E-state index in [1.54, 1.807) is 6.20 Å². The highest BCUT2D eigenvalue weighted by Crippen LogP contribution is 2.23. The Morgan fingerprint density at radius 1 is 1.61 bits per heavy atom. The first-order valence-electron chi connectivity index (χ1n) is 6.03. The smallest absolute Gasteiger partial charge is 0.339 e. The zero-order chi connectivity index (χ0) is 13.1. The van der Waals surface area contributed by atoms with Crippen molar-refractivity contribution in [2.45, 2.75) is 19.9 Å². The van der Waals surface area contributed by atoms with E-state index < -0.39 is 0 Å². The van der Waals surface area contributed by atoms with Crippen LogP contribution in [-0.4, -0.2) is 43.9 Å². The SMILES string of the molecule is COC(=O)c1cnc(C)c(N2CCOCC2C)c1. The molecule has 0 amide bonds. The Balaban J connectivity index is 2.33. The molecule has 1 aromatic rings. The minimum Gasteiger partial charge on any atom is -0.465 e. The Morgan fingerprint density at radius 3 is 3.06 bits per heavy atom. The molecule has 98 valence electrons. The van der Waals surface area contributed by atoms with Crippen molar-refractivity contribution in [2.24, 2.45) is 0 Å². The number of esters is 1. The fraction of sp³-hybridized carbons (Fsp3) is 0.538. The van der Waals surface area contributed by atoms with E-state index in [1.165, 1.54) is 7.11 Å². The number of hydrogen-bond donors (Lipinski definition) is 0. The minimum atomic E-state index is -0.357. The van der Waals surface area contributed by atoms with E-state index in [0.717, 1.165) is 17.9 Å². The zero-order valence-corrected chi connectivity index (χ0v) is 11.0. The van der Waals surface area contributed by atoms with Crippen molar-refractivity contribution in [1.82, 2.24) is 4.98 Å². The lowest BCUT2D eigenvalue weighted by molar-refractivity contribution is 0.0600. The average Bonchev–Trinajstić information content (AvgIpc) is 2.39. The van der Waals surface area contributed by atoms with Crippen molar-refractivity contribution in [3.8, 4) is 0 Å². The molecule has 0 aromatic carbocycles. The Labute approximate surface area is 107 Å². The molecule has 1 aliphatic heterocycles. The van der Waals surface area contributed by atoms with Crippen LogP contribution in [0.1, 0.15) is 23.0 Å². The zero-order valence-electron chi connectivity index (χ0n) is 11.0. The van der Waals surface area contributed by atoms with Gasteiger partial charge in [-0.3, -0.25) is 4.98 Å². The van der Waals surface area contributed by atoms with Crippen molar-refractivity contribution < 1.29 is 14.3 Å². The Bertz CT molecular complexity index is 448. The van der Waals surface area contributed by atoms with Crippen molar-refractivity contribution in [1.29, 1.82) is 0 Å². The highest BCUT2D eigenvalue weighted by Gasteiger charge is 2.22. The van der Waals surface area contributed by atoms with E-state index in [4.69, 9.17) is 9.47 Å². The summed E-state index contributed by atoms with van der Waals surface area (Å²) in [6.07, 6.45) is 1.55. The number of methoxy groups -OCH3 is 1. The van der Waals surface area contributed by atoms with Crippen molar-refractivity contribution in [3.05, 3.63) is 23.5 Å². The third kappa shape index (κ3) is 2.46. The molecular formula is C13H18N2O3. The van der Waals surface area contributed by atoms with Crippen LogP contribution in [0.25, 0.3) is 0 Å². The second kappa shape index (κ2) is 5.35. The first kappa shape index (κ1) is 12.8. The molecule has 1 saturated heterocycles. The van der Waals surface area contributed by atoms with Crippen LogP contribution >= 0.6 is 0 Å². The van der Waals surface area contributed by atoms with Gasteiger partial charge in [0, 0.05) is 18.8 Å². The highest BCUT2D eigenvalue weighted by atomic mass is 16.5. The number of carbonyl (C=O) groups excluding carboxylic acids is 1. The Hall–Kier alpha value is -1.62. The van der Waals surface area contributed by atoms with Crippen LogP contribution in [0.5, 0.6) is 0 Å². The summed E-state index contributed by atoms with van der Waals surface area (Å²) < 4.78 is 10.1. The normalized spacial score (nSPS) is 19.7. The number of ether oxygens (including phenoxy) is 2. The first-order chi connectivity index (χ1) is 8.63. The fourth-order valence-electron chi connectivity index (χ4n) is 2.13. The Morgan fingerprint density at radius 2 is 2.39 bits per heavy atom. The standard InChI is InChI=1S/C13H18N2O3/c1-9-8-18-5-4-15(9)12-6-11(13(16)17-3)7-14-10(12)2/h6-7,9H,4-5,8H2,1-3H3. The van der Waals surface area contributed by atoms with Crippen molar-refractivity contribution >= 4 is 11.7 Å². The molecule has 1 fully saturated rings. The molecule has 0 radical (unpaired) electrons. The maximum absolute atomic E-state index is 11.5. The third-order valence-electron chi connectivity index (χ3n) is 3.16. The van der Waals surface area contributed by atoms with Gasteiger partial charge in [0.05, 0.1) is 37.3 Å². The van der Waals surface area contributed by atoms with E-state index in [2.05, 4.69) is 16.8 Å². The molecule has 18 heavy (non-hydrogen) atoms. The summed E-state index contributed by atoms with van der Waals surface area (Å²) in [6, 6.07) is 2.13. The van der Waals surface area contributed by atoms with Gasteiger partial charge in [-0.2, -0.15) is 0 Å². The minimum absolute atomic E-state index is 0.284. The van der Waals surface area contributed by atoms with Gasteiger partial charge in [0.2, 0.25) is 0 Å². The number of pyridine rings is 1. The second-order valence-electron chi connectivity index (χ2n) is 4.44. The number of morpholine rings is 1. The second-order valence-corrected chi connectivity index (χ2v) is 4.44. The summed E-state index contributed by atoms with van der Waals surface area (Å²) in [5.41, 5.74) is 2.38. The van der Waals surface area contributed by atoms with Gasteiger partial charge in [-0.25, -0.2) is 4.79 Å². The monoisotopic (exact) mass is 250 g/mol. The molecule has 0 N–H and O–H groups in total. The van der Waals surface area contributed by atoms with E-state index in [1.807, 2.05) is 13.0 Å². The van der Waals surface area contributed by atoms with E-state index >= 15 is 0 Å². The molecule has 1 atom stereocenters. The molecule has 0 spiro atoms. The summed E-state index contributed by atoms with van der Waals surface area (Å²) in [6.45, 7) is 6.25. The highest BCUT2D eigenvalue weighted by molar-refractivity contribution is 5.90. The lowest BCUT2D eigenvalue weighted by Gasteiger charge is -2.35. The molecule has 5 heteroatoms. The summed E-state index contributed by atoms with van der Waals surface area (Å²) in [5, 5.41) is 0. The van der Waals surface area contributed by atoms with Gasteiger partial charge in [-0.05, 0) is 19.9 Å². The molecule has 0 bridgehead atoms. The van der Waals surface area contributed by atoms with Gasteiger partial charge < -0.3 is 14.4 Å².